The standard InChI is InChI=1S/C18H17N3O2/c1-3-23-15-10-8-14(9-11-15)21-18(17(12-22)19-20-21)16-7-5-4-6-13(16)2/h4-12H,3H2,1-2H3. The molecular formula is C18H17N3O2. The van der Waals surface area contributed by atoms with Gasteiger partial charge in [0.05, 0.1) is 12.3 Å². The molecule has 0 atom stereocenters. The Morgan fingerprint density at radius 3 is 2.52 bits per heavy atom. The molecule has 0 amide bonds. The van der Waals surface area contributed by atoms with E-state index < -0.39 is 0 Å². The van der Waals surface area contributed by atoms with Crippen molar-refractivity contribution < 1.29 is 9.53 Å². The smallest absolute Gasteiger partial charge is 0.172 e. The van der Waals surface area contributed by atoms with Crippen molar-refractivity contribution in [3.05, 3.63) is 59.8 Å². The third-order valence-electron chi connectivity index (χ3n) is 3.60. The summed E-state index contributed by atoms with van der Waals surface area (Å²) in [4.78, 5) is 11.4. The number of carbonyl (C=O) groups excluding carboxylic acids is 1. The van der Waals surface area contributed by atoms with Crippen LogP contribution in [0.4, 0.5) is 0 Å². The average Bonchev–Trinajstić information content (AvgIpc) is 3.00. The number of ether oxygens (including phenoxy) is 1. The number of aryl methyl sites for hydroxylation is 1. The van der Waals surface area contributed by atoms with Gasteiger partial charge in [-0.05, 0) is 43.7 Å². The third-order valence-corrected chi connectivity index (χ3v) is 3.60. The van der Waals surface area contributed by atoms with E-state index in [2.05, 4.69) is 10.3 Å². The van der Waals surface area contributed by atoms with Crippen LogP contribution in [0.15, 0.2) is 48.5 Å². The van der Waals surface area contributed by atoms with E-state index >= 15 is 0 Å². The molecule has 2 aromatic carbocycles. The Bertz CT molecular complexity index is 823. The number of benzene rings is 2. The lowest BCUT2D eigenvalue weighted by atomic mass is 10.0. The largest absolute Gasteiger partial charge is 0.494 e. The lowest BCUT2D eigenvalue weighted by Gasteiger charge is -2.10. The van der Waals surface area contributed by atoms with Crippen molar-refractivity contribution in [1.82, 2.24) is 15.0 Å². The number of rotatable bonds is 5. The number of hydrogen-bond acceptors (Lipinski definition) is 4. The van der Waals surface area contributed by atoms with E-state index in [9.17, 15) is 4.79 Å². The summed E-state index contributed by atoms with van der Waals surface area (Å²) in [7, 11) is 0. The van der Waals surface area contributed by atoms with Gasteiger partial charge >= 0.3 is 0 Å². The third kappa shape index (κ3) is 2.85. The Labute approximate surface area is 134 Å². The molecule has 0 bridgehead atoms. The summed E-state index contributed by atoms with van der Waals surface area (Å²) in [5.74, 6) is 0.796. The van der Waals surface area contributed by atoms with Crippen LogP contribution < -0.4 is 4.74 Å². The summed E-state index contributed by atoms with van der Waals surface area (Å²) >= 11 is 0. The van der Waals surface area contributed by atoms with Gasteiger partial charge in [-0.2, -0.15) is 0 Å². The predicted molar refractivity (Wildman–Crippen MR) is 88.1 cm³/mol. The van der Waals surface area contributed by atoms with Crippen LogP contribution in [0.1, 0.15) is 23.0 Å². The second-order valence-corrected chi connectivity index (χ2v) is 5.09. The molecule has 5 heteroatoms. The summed E-state index contributed by atoms with van der Waals surface area (Å²) in [6.45, 7) is 4.56. The van der Waals surface area contributed by atoms with Crippen molar-refractivity contribution in [3.63, 3.8) is 0 Å². The van der Waals surface area contributed by atoms with Crippen molar-refractivity contribution >= 4 is 6.29 Å². The first kappa shape index (κ1) is 15.0. The van der Waals surface area contributed by atoms with Crippen LogP contribution in [-0.2, 0) is 0 Å². The van der Waals surface area contributed by atoms with Gasteiger partial charge in [0, 0.05) is 5.56 Å². The lowest BCUT2D eigenvalue weighted by molar-refractivity contribution is 0.111. The minimum absolute atomic E-state index is 0.327. The summed E-state index contributed by atoms with van der Waals surface area (Å²) in [6, 6.07) is 15.4. The van der Waals surface area contributed by atoms with E-state index in [1.54, 1.807) is 4.68 Å². The quantitative estimate of drug-likeness (QED) is 0.677. The van der Waals surface area contributed by atoms with Crippen LogP contribution in [0, 0.1) is 6.92 Å². The summed E-state index contributed by atoms with van der Waals surface area (Å²) in [5, 5.41) is 8.15. The van der Waals surface area contributed by atoms with Crippen molar-refractivity contribution in [2.45, 2.75) is 13.8 Å². The summed E-state index contributed by atoms with van der Waals surface area (Å²) < 4.78 is 7.14. The van der Waals surface area contributed by atoms with Gasteiger partial charge in [-0.1, -0.05) is 29.5 Å². The number of aldehydes is 1. The molecule has 0 aliphatic heterocycles. The Morgan fingerprint density at radius 2 is 1.87 bits per heavy atom. The van der Waals surface area contributed by atoms with Crippen LogP contribution in [0.2, 0.25) is 0 Å². The van der Waals surface area contributed by atoms with E-state index in [0.717, 1.165) is 28.8 Å². The molecule has 0 fully saturated rings. The van der Waals surface area contributed by atoms with E-state index in [4.69, 9.17) is 4.74 Å². The number of hydrogen-bond donors (Lipinski definition) is 0. The summed E-state index contributed by atoms with van der Waals surface area (Å²) in [5.41, 5.74) is 3.85. The average molecular weight is 307 g/mol. The molecular weight excluding hydrogens is 290 g/mol. The highest BCUT2D eigenvalue weighted by molar-refractivity contribution is 5.84. The normalized spacial score (nSPS) is 10.5. The first-order chi connectivity index (χ1) is 11.2. The minimum atomic E-state index is 0.327. The first-order valence-corrected chi connectivity index (χ1v) is 7.44. The van der Waals surface area contributed by atoms with E-state index in [0.29, 0.717) is 18.0 Å². The van der Waals surface area contributed by atoms with Crippen LogP contribution in [0.25, 0.3) is 16.9 Å². The van der Waals surface area contributed by atoms with Crippen LogP contribution in [-0.4, -0.2) is 27.9 Å². The highest BCUT2D eigenvalue weighted by Gasteiger charge is 2.17. The van der Waals surface area contributed by atoms with Gasteiger partial charge < -0.3 is 4.74 Å². The Kier molecular flexibility index (Phi) is 4.19. The summed E-state index contributed by atoms with van der Waals surface area (Å²) in [6.07, 6.45) is 0.736. The van der Waals surface area contributed by atoms with E-state index in [1.807, 2.05) is 62.4 Å². The molecule has 0 spiro atoms. The zero-order chi connectivity index (χ0) is 16.2. The molecule has 0 aliphatic carbocycles. The molecule has 0 saturated heterocycles. The minimum Gasteiger partial charge on any atom is -0.494 e. The van der Waals surface area contributed by atoms with Crippen molar-refractivity contribution in [1.29, 1.82) is 0 Å². The molecule has 0 N–H and O–H groups in total. The maximum Gasteiger partial charge on any atom is 0.172 e. The van der Waals surface area contributed by atoms with Gasteiger partial charge in [-0.3, -0.25) is 4.79 Å². The number of nitrogens with zero attached hydrogens (tertiary/aromatic N) is 3. The fourth-order valence-corrected chi connectivity index (χ4v) is 2.49. The lowest BCUT2D eigenvalue weighted by Crippen LogP contribution is -2.01. The topological polar surface area (TPSA) is 57.0 Å². The molecule has 1 heterocycles. The molecule has 0 aliphatic rings. The molecule has 5 nitrogen and oxygen atoms in total. The number of carbonyl (C=O) groups is 1. The molecule has 0 saturated carbocycles. The van der Waals surface area contributed by atoms with Crippen LogP contribution >= 0.6 is 0 Å². The van der Waals surface area contributed by atoms with Gasteiger partial charge in [0.25, 0.3) is 0 Å². The zero-order valence-electron chi connectivity index (χ0n) is 13.1. The maximum absolute atomic E-state index is 11.4. The molecule has 3 rings (SSSR count). The van der Waals surface area contributed by atoms with Gasteiger partial charge in [-0.15, -0.1) is 5.10 Å². The molecule has 0 unspecified atom stereocenters. The Morgan fingerprint density at radius 1 is 1.13 bits per heavy atom. The predicted octanol–water partition coefficient (Wildman–Crippen LogP) is 3.45. The number of aromatic nitrogens is 3. The SMILES string of the molecule is CCOc1ccc(-n2nnc(C=O)c2-c2ccccc2C)cc1. The Hall–Kier alpha value is -2.95. The highest BCUT2D eigenvalue weighted by atomic mass is 16.5. The molecule has 3 aromatic rings. The van der Waals surface area contributed by atoms with Crippen LogP contribution in [0.5, 0.6) is 5.75 Å². The molecule has 116 valence electrons. The van der Waals surface area contributed by atoms with Gasteiger partial charge in [0.2, 0.25) is 0 Å². The monoisotopic (exact) mass is 307 g/mol. The first-order valence-electron chi connectivity index (χ1n) is 7.44. The van der Waals surface area contributed by atoms with Gasteiger partial charge in [0.15, 0.2) is 12.0 Å². The fraction of sp³-hybridized carbons (Fsp3) is 0.167. The maximum atomic E-state index is 11.4. The van der Waals surface area contributed by atoms with Gasteiger partial charge in [-0.25, -0.2) is 4.68 Å². The second kappa shape index (κ2) is 6.44. The zero-order valence-corrected chi connectivity index (χ0v) is 13.1. The van der Waals surface area contributed by atoms with E-state index in [-0.39, 0.29) is 0 Å². The fourth-order valence-electron chi connectivity index (χ4n) is 2.49. The van der Waals surface area contributed by atoms with E-state index in [1.165, 1.54) is 0 Å². The van der Waals surface area contributed by atoms with Crippen molar-refractivity contribution in [2.75, 3.05) is 6.61 Å². The van der Waals surface area contributed by atoms with Crippen LogP contribution in [0.3, 0.4) is 0 Å². The second-order valence-electron chi connectivity index (χ2n) is 5.09. The molecule has 0 radical (unpaired) electrons. The molecule has 23 heavy (non-hydrogen) atoms. The molecule has 1 aromatic heterocycles. The van der Waals surface area contributed by atoms with Gasteiger partial charge in [0.1, 0.15) is 11.4 Å². The Balaban J connectivity index is 2.12. The van der Waals surface area contributed by atoms with Crippen molar-refractivity contribution in [3.8, 4) is 22.7 Å². The highest BCUT2D eigenvalue weighted by Crippen LogP contribution is 2.27. The van der Waals surface area contributed by atoms with Crippen molar-refractivity contribution in [2.24, 2.45) is 0 Å².